The van der Waals surface area contributed by atoms with Gasteiger partial charge in [-0.15, -0.1) is 5.54 Å². The SMILES string of the molecule is CCCC12COC(c3ccc(C#C[Si](C)(C)C)c(Cl)c3)(OC1)OC2. The minimum atomic E-state index is -1.43. The molecule has 4 rings (SSSR count). The summed E-state index contributed by atoms with van der Waals surface area (Å²) in [5, 5.41) is 0.611. The monoisotopic (exact) mass is 364 g/mol. The number of rotatable bonds is 3. The molecule has 5 heteroatoms. The van der Waals surface area contributed by atoms with Crippen molar-refractivity contribution in [3.05, 3.63) is 34.3 Å². The van der Waals surface area contributed by atoms with E-state index in [-0.39, 0.29) is 5.41 Å². The summed E-state index contributed by atoms with van der Waals surface area (Å²) < 4.78 is 17.9. The lowest BCUT2D eigenvalue weighted by atomic mass is 9.83. The lowest BCUT2D eigenvalue weighted by Crippen LogP contribution is -2.58. The normalized spacial score (nSPS) is 29.2. The summed E-state index contributed by atoms with van der Waals surface area (Å²) in [6.45, 7) is 10.8. The molecule has 0 N–H and O–H groups in total. The molecular formula is C19H25ClO3Si. The first-order valence-corrected chi connectivity index (χ1v) is 12.4. The molecule has 0 aromatic heterocycles. The number of hydrogen-bond acceptors (Lipinski definition) is 3. The van der Waals surface area contributed by atoms with Crippen LogP contribution in [0.15, 0.2) is 18.2 Å². The molecule has 0 radical (unpaired) electrons. The Bertz CT molecular complexity index is 660. The van der Waals surface area contributed by atoms with Gasteiger partial charge in [0, 0.05) is 16.5 Å². The van der Waals surface area contributed by atoms with Crippen molar-refractivity contribution in [2.75, 3.05) is 19.8 Å². The number of fused-ring (bicyclic) bond motifs is 3. The first-order chi connectivity index (χ1) is 11.3. The highest BCUT2D eigenvalue weighted by atomic mass is 35.5. The van der Waals surface area contributed by atoms with E-state index in [0.29, 0.717) is 24.8 Å². The van der Waals surface area contributed by atoms with Gasteiger partial charge in [-0.2, -0.15) is 0 Å². The van der Waals surface area contributed by atoms with Gasteiger partial charge in [0.25, 0.3) is 0 Å². The van der Waals surface area contributed by atoms with Crippen molar-refractivity contribution in [3.63, 3.8) is 0 Å². The largest absolute Gasteiger partial charge is 0.323 e. The summed E-state index contributed by atoms with van der Waals surface area (Å²) in [6, 6.07) is 5.73. The zero-order valence-electron chi connectivity index (χ0n) is 14.9. The quantitative estimate of drug-likeness (QED) is 0.582. The number of ether oxygens (including phenoxy) is 3. The Kier molecular flexibility index (Phi) is 4.85. The molecule has 0 saturated carbocycles. The third-order valence-corrected chi connectivity index (χ3v) is 5.57. The molecule has 1 aromatic rings. The van der Waals surface area contributed by atoms with E-state index in [4.69, 9.17) is 25.8 Å². The highest BCUT2D eigenvalue weighted by molar-refractivity contribution is 6.83. The van der Waals surface area contributed by atoms with Crippen LogP contribution in [0.2, 0.25) is 24.7 Å². The van der Waals surface area contributed by atoms with Crippen LogP contribution in [-0.2, 0) is 20.2 Å². The maximum absolute atomic E-state index is 6.43. The van der Waals surface area contributed by atoms with Gasteiger partial charge >= 0.3 is 5.97 Å². The van der Waals surface area contributed by atoms with Crippen molar-refractivity contribution in [2.24, 2.45) is 5.41 Å². The summed E-state index contributed by atoms with van der Waals surface area (Å²) in [7, 11) is -1.43. The van der Waals surface area contributed by atoms with Crippen LogP contribution in [0.5, 0.6) is 0 Å². The van der Waals surface area contributed by atoms with Crippen LogP contribution >= 0.6 is 11.6 Å². The van der Waals surface area contributed by atoms with Crippen molar-refractivity contribution in [1.82, 2.24) is 0 Å². The van der Waals surface area contributed by atoms with Gasteiger partial charge in [0.2, 0.25) is 0 Å². The van der Waals surface area contributed by atoms with Crippen molar-refractivity contribution in [1.29, 1.82) is 0 Å². The van der Waals surface area contributed by atoms with E-state index in [0.717, 1.165) is 24.0 Å². The Morgan fingerprint density at radius 2 is 1.75 bits per heavy atom. The van der Waals surface area contributed by atoms with Gasteiger partial charge in [-0.1, -0.05) is 50.5 Å². The van der Waals surface area contributed by atoms with Gasteiger partial charge in [0.15, 0.2) is 0 Å². The third-order valence-electron chi connectivity index (χ3n) is 4.38. The fraction of sp³-hybridized carbons (Fsp3) is 0.579. The average molecular weight is 365 g/mol. The second-order valence-electron chi connectivity index (χ2n) is 7.87. The van der Waals surface area contributed by atoms with Gasteiger partial charge in [0.05, 0.1) is 24.8 Å². The molecule has 1 aromatic carbocycles. The van der Waals surface area contributed by atoms with Gasteiger partial charge in [-0.3, -0.25) is 0 Å². The zero-order valence-corrected chi connectivity index (χ0v) is 16.6. The summed E-state index contributed by atoms with van der Waals surface area (Å²) >= 11 is 6.43. The van der Waals surface area contributed by atoms with Gasteiger partial charge in [-0.05, 0) is 24.6 Å². The van der Waals surface area contributed by atoms with Crippen molar-refractivity contribution in [3.8, 4) is 11.5 Å². The number of benzene rings is 1. The standard InChI is InChI=1S/C19H25ClO3Si/c1-5-9-18-12-21-19(22-13-18,23-14-18)16-7-6-15(17(20)11-16)8-10-24(2,3)4/h6-7,11H,5,9,12-14H2,1-4H3. The minimum absolute atomic E-state index is 0.00302. The molecular weight excluding hydrogens is 340 g/mol. The Morgan fingerprint density at radius 3 is 2.25 bits per heavy atom. The van der Waals surface area contributed by atoms with E-state index in [1.165, 1.54) is 0 Å². The molecule has 0 atom stereocenters. The van der Waals surface area contributed by atoms with E-state index in [1.807, 2.05) is 18.2 Å². The highest BCUT2D eigenvalue weighted by Gasteiger charge is 2.53. The van der Waals surface area contributed by atoms with Crippen molar-refractivity contribution >= 4 is 19.7 Å². The van der Waals surface area contributed by atoms with Gasteiger partial charge in [0.1, 0.15) is 8.07 Å². The van der Waals surface area contributed by atoms with Crippen LogP contribution in [0.4, 0.5) is 0 Å². The predicted octanol–water partition coefficient (Wildman–Crippen LogP) is 4.54. The fourth-order valence-electron chi connectivity index (χ4n) is 3.05. The Morgan fingerprint density at radius 1 is 1.12 bits per heavy atom. The molecule has 3 fully saturated rings. The third kappa shape index (κ3) is 3.56. The lowest BCUT2D eigenvalue weighted by Gasteiger charge is -2.52. The Labute approximate surface area is 150 Å². The van der Waals surface area contributed by atoms with Crippen LogP contribution in [0.25, 0.3) is 0 Å². The van der Waals surface area contributed by atoms with E-state index in [9.17, 15) is 0 Å². The maximum Gasteiger partial charge on any atom is 0.312 e. The molecule has 3 aliphatic heterocycles. The zero-order chi connectivity index (χ0) is 17.4. The molecule has 0 unspecified atom stereocenters. The molecule has 3 aliphatic rings. The molecule has 130 valence electrons. The van der Waals surface area contributed by atoms with E-state index < -0.39 is 14.0 Å². The molecule has 0 amide bonds. The Hall–Kier alpha value is -0.833. The summed E-state index contributed by atoms with van der Waals surface area (Å²) in [5.74, 6) is 2.10. The molecule has 24 heavy (non-hydrogen) atoms. The second kappa shape index (κ2) is 6.47. The van der Waals surface area contributed by atoms with Crippen molar-refractivity contribution in [2.45, 2.75) is 45.4 Å². The van der Waals surface area contributed by atoms with Crippen LogP contribution in [-0.4, -0.2) is 27.9 Å². The second-order valence-corrected chi connectivity index (χ2v) is 13.0. The van der Waals surface area contributed by atoms with Crippen LogP contribution in [0.1, 0.15) is 30.9 Å². The van der Waals surface area contributed by atoms with Gasteiger partial charge < -0.3 is 14.2 Å². The van der Waals surface area contributed by atoms with Crippen molar-refractivity contribution < 1.29 is 14.2 Å². The van der Waals surface area contributed by atoms with E-state index in [2.05, 4.69) is 38.0 Å². The lowest BCUT2D eigenvalue weighted by molar-refractivity contribution is -0.480. The topological polar surface area (TPSA) is 27.7 Å². The smallest absolute Gasteiger partial charge is 0.312 e. The number of halogens is 1. The molecule has 3 saturated heterocycles. The molecule has 3 heterocycles. The molecule has 2 bridgehead atoms. The summed E-state index contributed by atoms with van der Waals surface area (Å²) in [6.07, 6.45) is 2.15. The van der Waals surface area contributed by atoms with Gasteiger partial charge in [-0.25, -0.2) is 0 Å². The van der Waals surface area contributed by atoms with E-state index in [1.54, 1.807) is 0 Å². The van der Waals surface area contributed by atoms with E-state index >= 15 is 0 Å². The summed E-state index contributed by atoms with van der Waals surface area (Å²) in [5.41, 5.74) is 4.98. The predicted molar refractivity (Wildman–Crippen MR) is 98.6 cm³/mol. The Balaban J connectivity index is 1.82. The first kappa shape index (κ1) is 18.0. The maximum atomic E-state index is 6.43. The average Bonchev–Trinajstić information content (AvgIpc) is 2.54. The van der Waals surface area contributed by atoms with Crippen LogP contribution < -0.4 is 0 Å². The number of hydrogen-bond donors (Lipinski definition) is 0. The highest BCUT2D eigenvalue weighted by Crippen LogP contribution is 2.46. The van der Waals surface area contributed by atoms with Crippen LogP contribution in [0, 0.1) is 16.9 Å². The van der Waals surface area contributed by atoms with Crippen LogP contribution in [0.3, 0.4) is 0 Å². The molecule has 0 aliphatic carbocycles. The molecule has 3 nitrogen and oxygen atoms in total. The fourth-order valence-corrected chi connectivity index (χ4v) is 3.79. The minimum Gasteiger partial charge on any atom is -0.323 e. The molecule has 0 spiro atoms. The first-order valence-electron chi connectivity index (χ1n) is 8.53. The summed E-state index contributed by atoms with van der Waals surface area (Å²) in [4.78, 5) is 0.